The van der Waals surface area contributed by atoms with Gasteiger partial charge in [0.15, 0.2) is 17.8 Å². The molecule has 3 aromatic rings. The van der Waals surface area contributed by atoms with E-state index >= 15 is 0 Å². The lowest BCUT2D eigenvalue weighted by molar-refractivity contribution is 0.112. The molecule has 0 unspecified atom stereocenters. The summed E-state index contributed by atoms with van der Waals surface area (Å²) in [6.45, 7) is 4.30. The molecule has 0 N–H and O–H groups in total. The maximum Gasteiger partial charge on any atom is 0.306 e. The van der Waals surface area contributed by atoms with E-state index in [4.69, 9.17) is 27.9 Å². The summed E-state index contributed by atoms with van der Waals surface area (Å²) in [7, 11) is 2.32. The highest BCUT2D eigenvalue weighted by atomic mass is 32.2. The molecule has 0 saturated heterocycles. The minimum Gasteiger partial charge on any atom is -0.496 e. The number of hydrogen-bond donors (Lipinski definition) is 0. The van der Waals surface area contributed by atoms with Gasteiger partial charge in [-0.1, -0.05) is 17.7 Å². The van der Waals surface area contributed by atoms with Crippen LogP contribution in [0.25, 0.3) is 22.3 Å². The summed E-state index contributed by atoms with van der Waals surface area (Å²) < 4.78 is 56.5. The molecule has 3 aromatic carbocycles. The predicted octanol–water partition coefficient (Wildman–Crippen LogP) is 5.55. The molecule has 0 atom stereocenters. The second-order valence-electron chi connectivity index (χ2n) is 8.67. The Morgan fingerprint density at radius 2 is 1.41 bits per heavy atom. The Labute approximate surface area is 229 Å². The highest BCUT2D eigenvalue weighted by molar-refractivity contribution is 7.86. The number of allylic oxidation sites excluding steroid dienone is 1. The molecule has 0 aliphatic heterocycles. The summed E-state index contributed by atoms with van der Waals surface area (Å²) in [5.41, 5.74) is 3.51. The summed E-state index contributed by atoms with van der Waals surface area (Å²) >= 11 is 0. The Kier molecular flexibility index (Phi) is 9.47. The third kappa shape index (κ3) is 6.83. The van der Waals surface area contributed by atoms with Crippen LogP contribution < -0.4 is 27.9 Å². The number of methoxy groups -OCH3 is 4. The third-order valence-electron chi connectivity index (χ3n) is 5.72. The molecule has 0 bridgehead atoms. The van der Waals surface area contributed by atoms with Gasteiger partial charge in [0.1, 0.15) is 29.6 Å². The number of aldehydes is 1. The van der Waals surface area contributed by atoms with Gasteiger partial charge in [-0.3, -0.25) is 4.79 Å². The SMILES string of the molecule is COc1cc(-c2c(OC)cc(-c3ccc(OS(C)(=O)=O)cc3)c(OC)c2C=O)c(OC)cc1OCC=C(C)C. The Morgan fingerprint density at radius 3 is 1.92 bits per heavy atom. The topological polar surface area (TPSA) is 107 Å². The van der Waals surface area contributed by atoms with Gasteiger partial charge >= 0.3 is 10.1 Å². The van der Waals surface area contributed by atoms with Crippen molar-refractivity contribution in [3.8, 4) is 56.8 Å². The normalized spacial score (nSPS) is 10.8. The van der Waals surface area contributed by atoms with E-state index < -0.39 is 10.1 Å². The standard InChI is InChI=1S/C29H32O9S/c1-18(2)12-13-37-26-16-24(33-3)22(15-25(26)34-4)28-23(17-30)29(36-6)21(14-27(28)35-5)19-8-10-20(11-9-19)38-39(7,31)32/h8-12,14-17H,13H2,1-7H3. The highest BCUT2D eigenvalue weighted by Crippen LogP contribution is 2.49. The van der Waals surface area contributed by atoms with Crippen molar-refractivity contribution in [2.75, 3.05) is 41.3 Å². The van der Waals surface area contributed by atoms with Crippen LogP contribution in [0.2, 0.25) is 0 Å². The first-order chi connectivity index (χ1) is 18.6. The first-order valence-electron chi connectivity index (χ1n) is 11.8. The van der Waals surface area contributed by atoms with Gasteiger partial charge in [-0.15, -0.1) is 0 Å². The number of ether oxygens (including phenoxy) is 5. The van der Waals surface area contributed by atoms with E-state index in [-0.39, 0.29) is 11.3 Å². The third-order valence-corrected chi connectivity index (χ3v) is 6.22. The maximum atomic E-state index is 12.5. The van der Waals surface area contributed by atoms with Crippen molar-refractivity contribution in [1.82, 2.24) is 0 Å². The minimum absolute atomic E-state index is 0.156. The fourth-order valence-corrected chi connectivity index (χ4v) is 4.45. The molecular formula is C29H32O9S. The molecule has 39 heavy (non-hydrogen) atoms. The fourth-order valence-electron chi connectivity index (χ4n) is 3.99. The number of carbonyl (C=O) groups excluding carboxylic acids is 1. The van der Waals surface area contributed by atoms with E-state index in [9.17, 15) is 13.2 Å². The van der Waals surface area contributed by atoms with Gasteiger partial charge in [0.2, 0.25) is 0 Å². The zero-order valence-electron chi connectivity index (χ0n) is 23.0. The molecule has 0 fully saturated rings. The molecule has 3 rings (SSSR count). The van der Waals surface area contributed by atoms with Crippen LogP contribution in [0, 0.1) is 0 Å². The largest absolute Gasteiger partial charge is 0.496 e. The van der Waals surface area contributed by atoms with Crippen molar-refractivity contribution in [2.45, 2.75) is 13.8 Å². The number of benzene rings is 3. The van der Waals surface area contributed by atoms with Crippen LogP contribution in [0.5, 0.6) is 34.5 Å². The van der Waals surface area contributed by atoms with E-state index in [0.29, 0.717) is 63.9 Å². The summed E-state index contributed by atoms with van der Waals surface area (Å²) in [6.07, 6.45) is 3.60. The van der Waals surface area contributed by atoms with Gasteiger partial charge in [-0.25, -0.2) is 0 Å². The van der Waals surface area contributed by atoms with Crippen molar-refractivity contribution in [2.24, 2.45) is 0 Å². The van der Waals surface area contributed by atoms with Crippen LogP contribution in [0.3, 0.4) is 0 Å². The van der Waals surface area contributed by atoms with Crippen LogP contribution in [-0.4, -0.2) is 56.0 Å². The monoisotopic (exact) mass is 556 g/mol. The number of rotatable bonds is 12. The molecule has 208 valence electrons. The maximum absolute atomic E-state index is 12.5. The van der Waals surface area contributed by atoms with E-state index in [1.54, 1.807) is 30.3 Å². The molecule has 0 heterocycles. The molecule has 0 aliphatic carbocycles. The first-order valence-corrected chi connectivity index (χ1v) is 13.6. The van der Waals surface area contributed by atoms with Crippen LogP contribution in [0.4, 0.5) is 0 Å². The van der Waals surface area contributed by atoms with Crippen molar-refractivity contribution in [3.63, 3.8) is 0 Å². The summed E-state index contributed by atoms with van der Waals surface area (Å²) in [5, 5.41) is 0. The molecule has 0 saturated carbocycles. The average Bonchev–Trinajstić information content (AvgIpc) is 2.90. The lowest BCUT2D eigenvalue weighted by atomic mass is 9.92. The van der Waals surface area contributed by atoms with Crippen LogP contribution in [0.15, 0.2) is 54.1 Å². The molecular weight excluding hydrogens is 524 g/mol. The molecule has 0 aliphatic rings. The Morgan fingerprint density at radius 1 is 0.795 bits per heavy atom. The van der Waals surface area contributed by atoms with Crippen molar-refractivity contribution >= 4 is 16.4 Å². The zero-order valence-corrected chi connectivity index (χ0v) is 23.8. The predicted molar refractivity (Wildman–Crippen MR) is 149 cm³/mol. The smallest absolute Gasteiger partial charge is 0.306 e. The van der Waals surface area contributed by atoms with Gasteiger partial charge in [-0.2, -0.15) is 8.42 Å². The average molecular weight is 557 g/mol. The van der Waals surface area contributed by atoms with Gasteiger partial charge < -0.3 is 27.9 Å². The number of hydrogen-bond acceptors (Lipinski definition) is 9. The van der Waals surface area contributed by atoms with Crippen molar-refractivity contribution in [3.05, 3.63) is 59.7 Å². The Hall–Kier alpha value is -4.18. The van der Waals surface area contributed by atoms with E-state index in [1.807, 2.05) is 19.9 Å². The molecule has 10 heteroatoms. The van der Waals surface area contributed by atoms with Gasteiger partial charge in [0.25, 0.3) is 0 Å². The van der Waals surface area contributed by atoms with Gasteiger partial charge in [0.05, 0.1) is 40.3 Å². The lowest BCUT2D eigenvalue weighted by Crippen LogP contribution is -2.05. The second-order valence-corrected chi connectivity index (χ2v) is 10.2. The van der Waals surface area contributed by atoms with Crippen molar-refractivity contribution in [1.29, 1.82) is 0 Å². The first kappa shape index (κ1) is 29.4. The van der Waals surface area contributed by atoms with Gasteiger partial charge in [-0.05, 0) is 49.8 Å². The van der Waals surface area contributed by atoms with E-state index in [1.165, 1.54) is 40.6 Å². The molecule has 9 nitrogen and oxygen atoms in total. The van der Waals surface area contributed by atoms with Crippen molar-refractivity contribution < 1.29 is 41.1 Å². The quantitative estimate of drug-likeness (QED) is 0.161. The Bertz CT molecular complexity index is 1470. The molecule has 0 spiro atoms. The summed E-state index contributed by atoms with van der Waals surface area (Å²) in [4.78, 5) is 12.5. The molecule has 0 radical (unpaired) electrons. The van der Waals surface area contributed by atoms with Crippen LogP contribution in [0.1, 0.15) is 24.2 Å². The van der Waals surface area contributed by atoms with E-state index in [0.717, 1.165) is 11.8 Å². The van der Waals surface area contributed by atoms with Gasteiger partial charge in [0, 0.05) is 22.8 Å². The zero-order chi connectivity index (χ0) is 28.7. The fraction of sp³-hybridized carbons (Fsp3) is 0.276. The van der Waals surface area contributed by atoms with Crippen LogP contribution in [-0.2, 0) is 10.1 Å². The summed E-state index contributed by atoms with van der Waals surface area (Å²) in [5.74, 6) is 2.17. The molecule has 0 aromatic heterocycles. The van der Waals surface area contributed by atoms with Crippen LogP contribution >= 0.6 is 0 Å². The summed E-state index contributed by atoms with van der Waals surface area (Å²) in [6, 6.07) is 11.5. The highest BCUT2D eigenvalue weighted by Gasteiger charge is 2.25. The lowest BCUT2D eigenvalue weighted by Gasteiger charge is -2.21. The molecule has 0 amide bonds. The van der Waals surface area contributed by atoms with E-state index in [2.05, 4.69) is 0 Å². The number of carbonyl (C=O) groups is 1. The Balaban J connectivity index is 2.22. The second kappa shape index (κ2) is 12.6. The minimum atomic E-state index is -3.67.